The van der Waals surface area contributed by atoms with E-state index in [0.29, 0.717) is 31.7 Å². The van der Waals surface area contributed by atoms with Crippen molar-refractivity contribution in [1.29, 1.82) is 0 Å². The highest BCUT2D eigenvalue weighted by atomic mass is 35.5. The number of sulfonamides is 1. The Kier molecular flexibility index (Phi) is 6.93. The molecule has 1 aliphatic heterocycles. The molecule has 2 heterocycles. The fourth-order valence-corrected chi connectivity index (χ4v) is 5.96. The van der Waals surface area contributed by atoms with E-state index in [9.17, 15) is 13.2 Å². The normalized spacial score (nSPS) is 15.3. The van der Waals surface area contributed by atoms with E-state index in [0.717, 1.165) is 24.1 Å². The number of halogens is 1. The van der Waals surface area contributed by atoms with Gasteiger partial charge in [-0.1, -0.05) is 30.2 Å². The van der Waals surface area contributed by atoms with Gasteiger partial charge in [-0.25, -0.2) is 8.42 Å². The molecule has 1 aromatic heterocycles. The van der Waals surface area contributed by atoms with Crippen LogP contribution in [0, 0.1) is 0 Å². The molecule has 1 fully saturated rings. The summed E-state index contributed by atoms with van der Waals surface area (Å²) in [6.07, 6.45) is 4.36. The fourth-order valence-electron chi connectivity index (χ4n) is 3.23. The Balaban J connectivity index is 1.90. The van der Waals surface area contributed by atoms with Crippen molar-refractivity contribution >= 4 is 38.9 Å². The summed E-state index contributed by atoms with van der Waals surface area (Å²) in [7, 11) is -3.72. The van der Waals surface area contributed by atoms with Crippen molar-refractivity contribution in [3.05, 3.63) is 63.8 Å². The second-order valence-corrected chi connectivity index (χ2v) is 10.0. The number of nitrogens with zero attached hydrogens (tertiary/aromatic N) is 2. The Morgan fingerprint density at radius 1 is 1.25 bits per heavy atom. The quantitative estimate of drug-likeness (QED) is 0.602. The lowest BCUT2D eigenvalue weighted by Gasteiger charge is -2.26. The first kappa shape index (κ1) is 21.0. The van der Waals surface area contributed by atoms with Gasteiger partial charge in [0.1, 0.15) is 4.90 Å². The Morgan fingerprint density at radius 2 is 2.00 bits per heavy atom. The van der Waals surface area contributed by atoms with E-state index in [1.807, 2.05) is 17.5 Å². The maximum Gasteiger partial charge on any atom is 0.254 e. The third-order valence-electron chi connectivity index (χ3n) is 4.67. The third kappa shape index (κ3) is 4.66. The highest BCUT2D eigenvalue weighted by molar-refractivity contribution is 7.89. The van der Waals surface area contributed by atoms with Crippen LogP contribution in [-0.2, 0) is 16.6 Å². The lowest BCUT2D eigenvalue weighted by atomic mass is 10.2. The van der Waals surface area contributed by atoms with E-state index in [2.05, 4.69) is 6.58 Å². The number of hydrogen-bond donors (Lipinski definition) is 0. The zero-order valence-corrected chi connectivity index (χ0v) is 17.9. The molecule has 0 aliphatic carbocycles. The average molecular weight is 439 g/mol. The van der Waals surface area contributed by atoms with Crippen LogP contribution < -0.4 is 0 Å². The Morgan fingerprint density at radius 3 is 2.64 bits per heavy atom. The topological polar surface area (TPSA) is 57.7 Å². The van der Waals surface area contributed by atoms with Gasteiger partial charge in [-0.15, -0.1) is 17.9 Å². The number of carbonyl (C=O) groups excluding carboxylic acids is 1. The smallest absolute Gasteiger partial charge is 0.254 e. The molecular formula is C20H23ClN2O3S2. The Bertz CT molecular complexity index is 936. The number of thiophene rings is 1. The third-order valence-corrected chi connectivity index (χ3v) is 7.92. The van der Waals surface area contributed by atoms with Crippen LogP contribution in [-0.4, -0.2) is 43.2 Å². The molecule has 0 bridgehead atoms. The second kappa shape index (κ2) is 9.22. The minimum Gasteiger partial charge on any atom is -0.330 e. The molecule has 1 aliphatic rings. The number of hydrogen-bond acceptors (Lipinski definition) is 4. The lowest BCUT2D eigenvalue weighted by Crippen LogP contribution is -2.36. The van der Waals surface area contributed by atoms with Crippen LogP contribution in [0.3, 0.4) is 0 Å². The van der Waals surface area contributed by atoms with Crippen LogP contribution in [0.5, 0.6) is 0 Å². The van der Waals surface area contributed by atoms with Crippen LogP contribution in [0.4, 0.5) is 0 Å². The number of piperidine rings is 1. The van der Waals surface area contributed by atoms with Crippen LogP contribution in [0.1, 0.15) is 34.5 Å². The van der Waals surface area contributed by atoms with E-state index in [4.69, 9.17) is 11.6 Å². The van der Waals surface area contributed by atoms with Gasteiger partial charge in [0.05, 0.1) is 11.6 Å². The average Bonchev–Trinajstić information content (AvgIpc) is 3.21. The number of rotatable bonds is 7. The first-order valence-corrected chi connectivity index (χ1v) is 11.9. The van der Waals surface area contributed by atoms with E-state index >= 15 is 0 Å². The van der Waals surface area contributed by atoms with Gasteiger partial charge in [0.2, 0.25) is 10.0 Å². The molecule has 0 atom stereocenters. The van der Waals surface area contributed by atoms with Crippen molar-refractivity contribution < 1.29 is 13.2 Å². The molecular weight excluding hydrogens is 416 g/mol. The molecule has 0 N–H and O–H groups in total. The summed E-state index contributed by atoms with van der Waals surface area (Å²) in [5.74, 6) is -0.250. The standard InChI is InChI=1S/C20H23ClN2O3S2/c1-2-10-22(15-17-7-6-13-27-17)20(24)16-8-9-18(21)19(14-16)28(25,26)23-11-4-3-5-12-23/h2,6-9,13-14H,1,3-5,10-12,15H2. The summed E-state index contributed by atoms with van der Waals surface area (Å²) < 4.78 is 27.5. The lowest BCUT2D eigenvalue weighted by molar-refractivity contribution is 0.0764. The largest absolute Gasteiger partial charge is 0.330 e. The summed E-state index contributed by atoms with van der Waals surface area (Å²) in [5.41, 5.74) is 0.304. The van der Waals surface area contributed by atoms with Gasteiger partial charge >= 0.3 is 0 Å². The molecule has 1 aromatic carbocycles. The number of carbonyl (C=O) groups is 1. The van der Waals surface area contributed by atoms with Crippen LogP contribution in [0.25, 0.3) is 0 Å². The zero-order valence-electron chi connectivity index (χ0n) is 15.5. The first-order chi connectivity index (χ1) is 13.4. The van der Waals surface area contributed by atoms with Gasteiger partial charge in [-0.2, -0.15) is 4.31 Å². The van der Waals surface area contributed by atoms with Gasteiger partial charge in [0, 0.05) is 30.1 Å². The van der Waals surface area contributed by atoms with Gasteiger partial charge < -0.3 is 4.90 Å². The fraction of sp³-hybridized carbons (Fsp3) is 0.350. The van der Waals surface area contributed by atoms with Gasteiger partial charge in [0.25, 0.3) is 5.91 Å². The summed E-state index contributed by atoms with van der Waals surface area (Å²) in [5, 5.41) is 2.09. The highest BCUT2D eigenvalue weighted by Gasteiger charge is 2.29. The van der Waals surface area contributed by atoms with Crippen LogP contribution >= 0.6 is 22.9 Å². The van der Waals surface area contributed by atoms with Crippen molar-refractivity contribution in [2.45, 2.75) is 30.7 Å². The van der Waals surface area contributed by atoms with Crippen molar-refractivity contribution in [2.75, 3.05) is 19.6 Å². The maximum absolute atomic E-state index is 13.1. The minimum atomic E-state index is -3.72. The van der Waals surface area contributed by atoms with Crippen molar-refractivity contribution in [1.82, 2.24) is 9.21 Å². The molecule has 1 saturated heterocycles. The number of benzene rings is 1. The van der Waals surface area contributed by atoms with Gasteiger partial charge in [-0.3, -0.25) is 4.79 Å². The summed E-state index contributed by atoms with van der Waals surface area (Å²) in [6.45, 7) is 5.50. The van der Waals surface area contributed by atoms with Crippen molar-refractivity contribution in [2.24, 2.45) is 0 Å². The van der Waals surface area contributed by atoms with E-state index < -0.39 is 10.0 Å². The molecule has 3 rings (SSSR count). The molecule has 1 amide bonds. The Hall–Kier alpha value is -1.67. The summed E-state index contributed by atoms with van der Waals surface area (Å²) >= 11 is 7.78. The predicted molar refractivity (Wildman–Crippen MR) is 113 cm³/mol. The van der Waals surface area contributed by atoms with Crippen LogP contribution in [0.15, 0.2) is 53.3 Å². The molecule has 0 spiro atoms. The molecule has 8 heteroatoms. The predicted octanol–water partition coefficient (Wildman–Crippen LogP) is 4.40. The highest BCUT2D eigenvalue weighted by Crippen LogP contribution is 2.28. The van der Waals surface area contributed by atoms with Crippen molar-refractivity contribution in [3.63, 3.8) is 0 Å². The van der Waals surface area contributed by atoms with Gasteiger partial charge in [-0.05, 0) is 42.5 Å². The molecule has 0 unspecified atom stereocenters. The zero-order chi connectivity index (χ0) is 20.1. The van der Waals surface area contributed by atoms with Crippen molar-refractivity contribution in [3.8, 4) is 0 Å². The SMILES string of the molecule is C=CCN(Cc1cccs1)C(=O)c1ccc(Cl)c(S(=O)(=O)N2CCCCC2)c1. The monoisotopic (exact) mass is 438 g/mol. The van der Waals surface area contributed by atoms with E-state index in [1.165, 1.54) is 16.4 Å². The number of amides is 1. The summed E-state index contributed by atoms with van der Waals surface area (Å²) in [4.78, 5) is 15.7. The summed E-state index contributed by atoms with van der Waals surface area (Å²) in [6, 6.07) is 8.36. The Labute approximate surface area is 175 Å². The van der Waals surface area contributed by atoms with E-state index in [1.54, 1.807) is 28.4 Å². The molecule has 0 radical (unpaired) electrons. The van der Waals surface area contributed by atoms with Crippen LogP contribution in [0.2, 0.25) is 5.02 Å². The molecule has 5 nitrogen and oxygen atoms in total. The van der Waals surface area contributed by atoms with E-state index in [-0.39, 0.29) is 15.8 Å². The minimum absolute atomic E-state index is 0.00315. The first-order valence-electron chi connectivity index (χ1n) is 9.15. The second-order valence-electron chi connectivity index (χ2n) is 6.66. The molecule has 2 aromatic rings. The molecule has 0 saturated carbocycles. The maximum atomic E-state index is 13.1. The van der Waals surface area contributed by atoms with Gasteiger partial charge in [0.15, 0.2) is 0 Å². The molecule has 150 valence electrons. The molecule has 28 heavy (non-hydrogen) atoms.